The Hall–Kier alpha value is -3.48. The van der Waals surface area contributed by atoms with E-state index >= 15 is 13.2 Å². The molecule has 0 heterocycles. The van der Waals surface area contributed by atoms with Gasteiger partial charge in [0.25, 0.3) is 0 Å². The van der Waals surface area contributed by atoms with Gasteiger partial charge in [0, 0.05) is 17.0 Å². The smallest absolute Gasteiger partial charge is 0.303 e. The fourth-order valence-corrected chi connectivity index (χ4v) is 6.31. The van der Waals surface area contributed by atoms with E-state index < -0.39 is 29.3 Å². The number of hydrogen-bond acceptors (Lipinski definition) is 3. The highest BCUT2D eigenvalue weighted by atomic mass is 19.1. The molecule has 0 aliphatic heterocycles. The van der Waals surface area contributed by atoms with E-state index in [1.54, 1.807) is 24.3 Å². The topological polar surface area (TPSA) is 55.8 Å². The number of carboxylic acids is 1. The molecule has 0 saturated heterocycles. The van der Waals surface area contributed by atoms with Crippen LogP contribution in [0.15, 0.2) is 48.5 Å². The molecular formula is C33H35F3O4. The average molecular weight is 553 g/mol. The maximum Gasteiger partial charge on any atom is 0.303 e. The molecule has 3 aromatic rings. The molecule has 3 aromatic carbocycles. The van der Waals surface area contributed by atoms with Crippen molar-refractivity contribution in [1.82, 2.24) is 0 Å². The number of ether oxygens (including phenoxy) is 2. The Bertz CT molecular complexity index is 1410. The molecule has 1 N–H and O–H groups in total. The minimum atomic E-state index is -0.973. The second-order valence-corrected chi connectivity index (χ2v) is 11.8. The summed E-state index contributed by atoms with van der Waals surface area (Å²) in [4.78, 5) is 11.4. The van der Waals surface area contributed by atoms with Gasteiger partial charge in [-0.2, -0.15) is 0 Å². The van der Waals surface area contributed by atoms with Crippen LogP contribution < -0.4 is 9.47 Å². The predicted molar refractivity (Wildman–Crippen MR) is 147 cm³/mol. The SMILES string of the molecule is COc1ccc(F)c(-c2cc(F)c(COc3cccc([C@@H](CC(=O)O)C4CC4)c3F)cc2[C@H]2CCCC2(C)C)c1. The van der Waals surface area contributed by atoms with Gasteiger partial charge in [-0.25, -0.2) is 13.2 Å². The van der Waals surface area contributed by atoms with Crippen molar-refractivity contribution in [2.24, 2.45) is 11.3 Å². The van der Waals surface area contributed by atoms with Crippen molar-refractivity contribution in [3.63, 3.8) is 0 Å². The normalized spacial score (nSPS) is 18.9. The van der Waals surface area contributed by atoms with Gasteiger partial charge < -0.3 is 14.6 Å². The maximum absolute atomic E-state index is 15.6. The van der Waals surface area contributed by atoms with Crippen LogP contribution in [0.3, 0.4) is 0 Å². The van der Waals surface area contributed by atoms with Crippen molar-refractivity contribution < 1.29 is 32.5 Å². The van der Waals surface area contributed by atoms with Crippen LogP contribution in [0.5, 0.6) is 11.5 Å². The van der Waals surface area contributed by atoms with Crippen LogP contribution in [-0.2, 0) is 11.4 Å². The lowest BCUT2D eigenvalue weighted by Gasteiger charge is -2.30. The third kappa shape index (κ3) is 5.70. The number of benzene rings is 3. The van der Waals surface area contributed by atoms with Crippen molar-refractivity contribution in [1.29, 1.82) is 0 Å². The predicted octanol–water partition coefficient (Wildman–Crippen LogP) is 8.62. The van der Waals surface area contributed by atoms with Crippen molar-refractivity contribution >= 4 is 5.97 Å². The molecule has 2 fully saturated rings. The summed E-state index contributed by atoms with van der Waals surface area (Å²) in [6.45, 7) is 4.12. The molecule has 0 amide bonds. The zero-order valence-corrected chi connectivity index (χ0v) is 23.1. The molecule has 0 bridgehead atoms. The Morgan fingerprint density at radius 2 is 1.80 bits per heavy atom. The van der Waals surface area contributed by atoms with Crippen molar-refractivity contribution in [3.05, 3.63) is 82.7 Å². The Labute approximate surface area is 233 Å². The zero-order valence-electron chi connectivity index (χ0n) is 23.1. The van der Waals surface area contributed by atoms with Gasteiger partial charge in [0.2, 0.25) is 0 Å². The number of hydrogen-bond donors (Lipinski definition) is 1. The number of carbonyl (C=O) groups is 1. The van der Waals surface area contributed by atoms with Crippen LogP contribution in [0.25, 0.3) is 11.1 Å². The lowest BCUT2D eigenvalue weighted by atomic mass is 9.75. The fourth-order valence-electron chi connectivity index (χ4n) is 6.31. The molecule has 212 valence electrons. The summed E-state index contributed by atoms with van der Waals surface area (Å²) in [6.07, 6.45) is 4.49. The first-order valence-electron chi connectivity index (χ1n) is 13.9. The highest BCUT2D eigenvalue weighted by molar-refractivity contribution is 5.71. The van der Waals surface area contributed by atoms with Crippen molar-refractivity contribution in [2.45, 2.75) is 70.8 Å². The summed E-state index contributed by atoms with van der Waals surface area (Å²) in [6, 6.07) is 12.2. The molecule has 0 unspecified atom stereocenters. The number of rotatable bonds is 10. The molecule has 2 aliphatic rings. The average Bonchev–Trinajstić information content (AvgIpc) is 3.70. The highest BCUT2D eigenvalue weighted by Crippen LogP contribution is 2.52. The second kappa shape index (κ2) is 11.2. The first-order chi connectivity index (χ1) is 19.1. The van der Waals surface area contributed by atoms with Crippen molar-refractivity contribution in [2.75, 3.05) is 7.11 Å². The van der Waals surface area contributed by atoms with Crippen LogP contribution in [0.4, 0.5) is 13.2 Å². The lowest BCUT2D eigenvalue weighted by Crippen LogP contribution is -2.17. The number of aliphatic carboxylic acids is 1. The Morgan fingerprint density at radius 3 is 2.45 bits per heavy atom. The standard InChI is InChI=1S/C33H35F3O4/c1-33(2)13-5-7-27(33)25-14-20(29(35)16-24(25)26-15-21(39-3)11-12-28(26)34)18-40-30-8-4-6-22(32(30)36)23(17-31(37)38)19-9-10-19/h4,6,8,11-12,14-16,19,23,27H,5,7,9-10,13,17-18H2,1-3H3,(H,37,38)/t23-,27+/m0/s1. The van der Waals surface area contributed by atoms with E-state index in [4.69, 9.17) is 9.47 Å². The number of methoxy groups -OCH3 is 1. The summed E-state index contributed by atoms with van der Waals surface area (Å²) in [7, 11) is 1.50. The Balaban J connectivity index is 1.50. The molecule has 5 rings (SSSR count). The summed E-state index contributed by atoms with van der Waals surface area (Å²) in [5.74, 6) is -2.40. The van der Waals surface area contributed by atoms with E-state index in [9.17, 15) is 9.90 Å². The molecule has 2 atom stereocenters. The first-order valence-corrected chi connectivity index (χ1v) is 13.9. The van der Waals surface area contributed by atoms with Crippen LogP contribution in [0.1, 0.15) is 80.9 Å². The van der Waals surface area contributed by atoms with Gasteiger partial charge >= 0.3 is 5.97 Å². The third-order valence-corrected chi connectivity index (χ3v) is 8.68. The molecule has 2 aliphatic carbocycles. The molecule has 7 heteroatoms. The second-order valence-electron chi connectivity index (χ2n) is 11.8. The van der Waals surface area contributed by atoms with Gasteiger partial charge in [-0.15, -0.1) is 0 Å². The van der Waals surface area contributed by atoms with E-state index in [0.29, 0.717) is 16.9 Å². The molecular weight excluding hydrogens is 517 g/mol. The van der Waals surface area contributed by atoms with E-state index in [1.807, 2.05) is 0 Å². The lowest BCUT2D eigenvalue weighted by molar-refractivity contribution is -0.137. The molecule has 0 aromatic heterocycles. The number of carboxylic acid groups (broad SMARTS) is 1. The van der Waals surface area contributed by atoms with Crippen molar-refractivity contribution in [3.8, 4) is 22.6 Å². The molecule has 2 saturated carbocycles. The van der Waals surface area contributed by atoms with Crippen LogP contribution in [-0.4, -0.2) is 18.2 Å². The van der Waals surface area contributed by atoms with E-state index in [1.165, 1.54) is 31.4 Å². The fraction of sp³-hybridized carbons (Fsp3) is 0.424. The zero-order chi connectivity index (χ0) is 28.6. The van der Waals surface area contributed by atoms with E-state index in [-0.39, 0.29) is 47.2 Å². The van der Waals surface area contributed by atoms with Gasteiger partial charge in [-0.3, -0.25) is 4.79 Å². The third-order valence-electron chi connectivity index (χ3n) is 8.68. The highest BCUT2D eigenvalue weighted by Gasteiger charge is 2.38. The summed E-state index contributed by atoms with van der Waals surface area (Å²) in [5.41, 5.74) is 2.08. The monoisotopic (exact) mass is 552 g/mol. The molecule has 40 heavy (non-hydrogen) atoms. The molecule has 4 nitrogen and oxygen atoms in total. The first kappa shape index (κ1) is 28.1. The Kier molecular flexibility index (Phi) is 7.85. The van der Waals surface area contributed by atoms with Gasteiger partial charge in [0.05, 0.1) is 13.5 Å². The van der Waals surface area contributed by atoms with Gasteiger partial charge in [-0.05, 0) is 96.0 Å². The summed E-state index contributed by atoms with van der Waals surface area (Å²) >= 11 is 0. The van der Waals surface area contributed by atoms with Gasteiger partial charge in [0.1, 0.15) is 24.0 Å². The van der Waals surface area contributed by atoms with E-state index in [0.717, 1.165) is 37.7 Å². The van der Waals surface area contributed by atoms with E-state index in [2.05, 4.69) is 13.8 Å². The van der Waals surface area contributed by atoms with Crippen LogP contribution in [0, 0.1) is 28.8 Å². The van der Waals surface area contributed by atoms with Gasteiger partial charge in [-0.1, -0.05) is 32.4 Å². The maximum atomic E-state index is 15.6. The molecule has 0 spiro atoms. The largest absolute Gasteiger partial charge is 0.497 e. The Morgan fingerprint density at radius 1 is 1.02 bits per heavy atom. The van der Waals surface area contributed by atoms with Crippen LogP contribution >= 0.6 is 0 Å². The summed E-state index contributed by atoms with van der Waals surface area (Å²) < 4.78 is 57.3. The number of halogens is 3. The quantitative estimate of drug-likeness (QED) is 0.274. The molecule has 0 radical (unpaired) electrons. The minimum Gasteiger partial charge on any atom is -0.497 e. The van der Waals surface area contributed by atoms with Crippen LogP contribution in [0.2, 0.25) is 0 Å². The summed E-state index contributed by atoms with van der Waals surface area (Å²) in [5, 5.41) is 9.34. The van der Waals surface area contributed by atoms with Gasteiger partial charge in [0.15, 0.2) is 11.6 Å². The minimum absolute atomic E-state index is 0.0430.